The van der Waals surface area contributed by atoms with Gasteiger partial charge in [-0.1, -0.05) is 30.7 Å². The van der Waals surface area contributed by atoms with Gasteiger partial charge in [0.15, 0.2) is 0 Å². The first-order chi connectivity index (χ1) is 16.3. The summed E-state index contributed by atoms with van der Waals surface area (Å²) in [6.45, 7) is 6.99. The largest absolute Gasteiger partial charge is 0.494 e. The van der Waals surface area contributed by atoms with Crippen molar-refractivity contribution in [2.24, 2.45) is 11.8 Å². The van der Waals surface area contributed by atoms with Gasteiger partial charge in [-0.05, 0) is 56.0 Å². The van der Waals surface area contributed by atoms with Crippen LogP contribution in [0.25, 0.3) is 0 Å². The van der Waals surface area contributed by atoms with Gasteiger partial charge in [-0.25, -0.2) is 4.79 Å². The summed E-state index contributed by atoms with van der Waals surface area (Å²) in [5.74, 6) is 0.194. The molecule has 1 aromatic rings. The standard InChI is InChI=1S/C26H30ClN3O4/c1-4-29-24-9-8-21(15-22(24)25(32)30(5-2)26(29)33)34-11-10-17(3)12-20(31)13-18-6-7-19(16-28)23(27)14-18/h6-9,14-15,17,22,24H,4-5,10-13H2,1-3H3. The van der Waals surface area contributed by atoms with E-state index in [0.717, 1.165) is 5.56 Å². The molecule has 34 heavy (non-hydrogen) atoms. The van der Waals surface area contributed by atoms with Crippen LogP contribution in [-0.2, 0) is 20.7 Å². The molecule has 2 aliphatic rings. The number of ether oxygens (including phenoxy) is 1. The molecule has 0 spiro atoms. The van der Waals surface area contributed by atoms with E-state index in [1.54, 1.807) is 36.1 Å². The number of rotatable bonds is 10. The molecular weight excluding hydrogens is 454 g/mol. The SMILES string of the molecule is CCN1C(=O)C2C=C(OCCC(C)CC(=O)Cc3ccc(C#N)c(Cl)c3)C=CC2N(CC)C1=O. The molecule has 0 aromatic heterocycles. The van der Waals surface area contributed by atoms with Crippen LogP contribution in [0.1, 0.15) is 44.7 Å². The van der Waals surface area contributed by atoms with Crippen molar-refractivity contribution < 1.29 is 19.1 Å². The maximum Gasteiger partial charge on any atom is 0.327 e. The van der Waals surface area contributed by atoms with Gasteiger partial charge in [0.05, 0.1) is 29.2 Å². The Morgan fingerprint density at radius 1 is 1.26 bits per heavy atom. The third kappa shape index (κ3) is 5.68. The highest BCUT2D eigenvalue weighted by Crippen LogP contribution is 2.30. The van der Waals surface area contributed by atoms with E-state index >= 15 is 0 Å². The van der Waals surface area contributed by atoms with Crippen molar-refractivity contribution in [2.75, 3.05) is 19.7 Å². The number of amides is 3. The number of halogens is 1. The summed E-state index contributed by atoms with van der Waals surface area (Å²) in [6.07, 6.45) is 6.86. The van der Waals surface area contributed by atoms with Gasteiger partial charge in [0.25, 0.3) is 0 Å². The molecule has 180 valence electrons. The van der Waals surface area contributed by atoms with Crippen molar-refractivity contribution in [2.45, 2.75) is 46.1 Å². The molecule has 0 radical (unpaired) electrons. The minimum absolute atomic E-state index is 0.102. The number of nitriles is 1. The number of nitrogens with zero attached hydrogens (tertiary/aromatic N) is 3. The topological polar surface area (TPSA) is 90.7 Å². The molecule has 0 N–H and O–H groups in total. The van der Waals surface area contributed by atoms with Crippen LogP contribution in [0.15, 0.2) is 42.2 Å². The first kappa shape index (κ1) is 25.5. The molecule has 1 aliphatic heterocycles. The molecule has 3 amide bonds. The second-order valence-corrected chi connectivity index (χ2v) is 9.09. The van der Waals surface area contributed by atoms with E-state index in [2.05, 4.69) is 0 Å². The Bertz CT molecular complexity index is 1060. The van der Waals surface area contributed by atoms with Crippen molar-refractivity contribution >= 4 is 29.3 Å². The number of likely N-dealkylation sites (N-methyl/N-ethyl adjacent to an activating group) is 1. The fraction of sp³-hybridized carbons (Fsp3) is 0.462. The smallest absolute Gasteiger partial charge is 0.327 e. The van der Waals surface area contributed by atoms with E-state index in [-0.39, 0.29) is 36.1 Å². The number of hydrogen-bond donors (Lipinski definition) is 0. The predicted octanol–water partition coefficient (Wildman–Crippen LogP) is 4.50. The quantitative estimate of drug-likeness (QED) is 0.488. The average Bonchev–Trinajstić information content (AvgIpc) is 2.80. The van der Waals surface area contributed by atoms with Crippen LogP contribution in [-0.4, -0.2) is 53.3 Å². The van der Waals surface area contributed by atoms with Crippen molar-refractivity contribution in [1.29, 1.82) is 5.26 Å². The lowest BCUT2D eigenvalue weighted by Crippen LogP contribution is -2.61. The molecule has 3 unspecified atom stereocenters. The van der Waals surface area contributed by atoms with Crippen molar-refractivity contribution in [3.8, 4) is 6.07 Å². The molecule has 8 heteroatoms. The monoisotopic (exact) mass is 483 g/mol. The van der Waals surface area contributed by atoms with E-state index in [9.17, 15) is 14.4 Å². The summed E-state index contributed by atoms with van der Waals surface area (Å²) in [4.78, 5) is 40.8. The fourth-order valence-corrected chi connectivity index (χ4v) is 4.62. The molecule has 3 atom stereocenters. The first-order valence-corrected chi connectivity index (χ1v) is 12.0. The van der Waals surface area contributed by atoms with Gasteiger partial charge in [0, 0.05) is 25.9 Å². The van der Waals surface area contributed by atoms with Gasteiger partial charge in [0.2, 0.25) is 5.91 Å². The van der Waals surface area contributed by atoms with Gasteiger partial charge in [0.1, 0.15) is 17.6 Å². The van der Waals surface area contributed by atoms with Gasteiger partial charge >= 0.3 is 6.03 Å². The highest BCUT2D eigenvalue weighted by atomic mass is 35.5. The molecule has 1 heterocycles. The van der Waals surface area contributed by atoms with Gasteiger partial charge in [-0.3, -0.25) is 14.5 Å². The van der Waals surface area contributed by atoms with Crippen LogP contribution >= 0.6 is 11.6 Å². The van der Waals surface area contributed by atoms with Crippen LogP contribution in [0.2, 0.25) is 5.02 Å². The summed E-state index contributed by atoms with van der Waals surface area (Å²) in [5.41, 5.74) is 1.19. The van der Waals surface area contributed by atoms with Gasteiger partial charge in [-0.15, -0.1) is 0 Å². The van der Waals surface area contributed by atoms with E-state index in [4.69, 9.17) is 21.6 Å². The number of imide groups is 1. The Morgan fingerprint density at radius 2 is 2.03 bits per heavy atom. The maximum atomic E-state index is 12.8. The Hall–Kier alpha value is -3.11. The number of fused-ring (bicyclic) bond motifs is 1. The zero-order valence-electron chi connectivity index (χ0n) is 19.8. The molecule has 0 bridgehead atoms. The van der Waals surface area contributed by atoms with E-state index in [0.29, 0.717) is 48.9 Å². The van der Waals surface area contributed by atoms with Crippen LogP contribution in [0.4, 0.5) is 4.79 Å². The number of carbonyl (C=O) groups excluding carboxylic acids is 3. The third-order valence-electron chi connectivity index (χ3n) is 6.22. The van der Waals surface area contributed by atoms with Crippen molar-refractivity contribution in [3.63, 3.8) is 0 Å². The summed E-state index contributed by atoms with van der Waals surface area (Å²) in [7, 11) is 0. The molecular formula is C26H30ClN3O4. The number of urea groups is 1. The molecule has 1 saturated heterocycles. The highest BCUT2D eigenvalue weighted by molar-refractivity contribution is 6.31. The number of ketones is 1. The second-order valence-electron chi connectivity index (χ2n) is 8.68. The van der Waals surface area contributed by atoms with Crippen molar-refractivity contribution in [3.05, 3.63) is 58.3 Å². The normalized spacial score (nSPS) is 20.5. The number of benzene rings is 1. The Kier molecular flexibility index (Phi) is 8.51. The number of allylic oxidation sites excluding steroid dienone is 1. The van der Waals surface area contributed by atoms with Crippen LogP contribution < -0.4 is 0 Å². The highest BCUT2D eigenvalue weighted by Gasteiger charge is 2.44. The lowest BCUT2D eigenvalue weighted by atomic mass is 9.89. The second kappa shape index (κ2) is 11.3. The predicted molar refractivity (Wildman–Crippen MR) is 129 cm³/mol. The van der Waals surface area contributed by atoms with E-state index in [1.165, 1.54) is 4.90 Å². The Balaban J connectivity index is 1.50. The zero-order valence-corrected chi connectivity index (χ0v) is 20.5. The maximum absolute atomic E-state index is 12.8. The van der Waals surface area contributed by atoms with Crippen LogP contribution in [0.3, 0.4) is 0 Å². The molecule has 1 aromatic carbocycles. The molecule has 3 rings (SSSR count). The summed E-state index contributed by atoms with van der Waals surface area (Å²) >= 11 is 6.05. The van der Waals surface area contributed by atoms with Crippen molar-refractivity contribution in [1.82, 2.24) is 9.80 Å². The lowest BCUT2D eigenvalue weighted by Gasteiger charge is -2.43. The fourth-order valence-electron chi connectivity index (χ4n) is 4.38. The number of carbonyl (C=O) groups is 3. The lowest BCUT2D eigenvalue weighted by molar-refractivity contribution is -0.135. The number of hydrogen-bond acceptors (Lipinski definition) is 5. The molecule has 0 saturated carbocycles. The van der Waals surface area contributed by atoms with Gasteiger partial charge in [-0.2, -0.15) is 5.26 Å². The van der Waals surface area contributed by atoms with E-state index in [1.807, 2.05) is 32.1 Å². The zero-order chi connectivity index (χ0) is 24.8. The third-order valence-corrected chi connectivity index (χ3v) is 6.54. The Morgan fingerprint density at radius 3 is 2.68 bits per heavy atom. The Labute approximate surface area is 205 Å². The molecule has 1 fully saturated rings. The van der Waals surface area contributed by atoms with Crippen LogP contribution in [0, 0.1) is 23.2 Å². The molecule has 1 aliphatic carbocycles. The summed E-state index contributed by atoms with van der Waals surface area (Å²) < 4.78 is 5.90. The van der Waals surface area contributed by atoms with E-state index < -0.39 is 5.92 Å². The average molecular weight is 484 g/mol. The molecule has 7 nitrogen and oxygen atoms in total. The van der Waals surface area contributed by atoms with Gasteiger partial charge < -0.3 is 9.64 Å². The summed E-state index contributed by atoms with van der Waals surface area (Å²) in [6, 6.07) is 6.53. The number of Topliss-reactive ketones (excluding diaryl/α,β-unsaturated/α-hetero) is 1. The summed E-state index contributed by atoms with van der Waals surface area (Å²) in [5, 5.41) is 9.31. The van der Waals surface area contributed by atoms with Crippen LogP contribution in [0.5, 0.6) is 0 Å². The minimum atomic E-state index is -0.448. The minimum Gasteiger partial charge on any atom is -0.494 e. The first-order valence-electron chi connectivity index (χ1n) is 11.6.